The highest BCUT2D eigenvalue weighted by molar-refractivity contribution is 4.93. The van der Waals surface area contributed by atoms with Gasteiger partial charge in [-0.15, -0.1) is 0 Å². The third-order valence-electron chi connectivity index (χ3n) is 2.87. The number of nitrogens with one attached hydrogen (secondary N) is 1. The molecule has 0 amide bonds. The summed E-state index contributed by atoms with van der Waals surface area (Å²) in [4.78, 5) is 0. The highest BCUT2D eigenvalue weighted by Crippen LogP contribution is 2.42. The lowest BCUT2D eigenvalue weighted by atomic mass is 9.97. The predicted octanol–water partition coefficient (Wildman–Crippen LogP) is 0.859. The summed E-state index contributed by atoms with van der Waals surface area (Å²) in [6, 6.07) is 0.523. The molecule has 66 valence electrons. The Bertz CT molecular complexity index is 123. The molecule has 1 fully saturated rings. The Morgan fingerprint density at radius 1 is 1.64 bits per heavy atom. The minimum Gasteiger partial charge on any atom is -0.396 e. The summed E-state index contributed by atoms with van der Waals surface area (Å²) in [6.45, 7) is 4.68. The van der Waals surface area contributed by atoms with Gasteiger partial charge in [-0.25, -0.2) is 0 Å². The lowest BCUT2D eigenvalue weighted by molar-refractivity contribution is 0.193. The van der Waals surface area contributed by atoms with Crippen LogP contribution in [0.15, 0.2) is 0 Å². The van der Waals surface area contributed by atoms with Gasteiger partial charge in [-0.05, 0) is 31.2 Å². The van der Waals surface area contributed by atoms with Crippen molar-refractivity contribution < 1.29 is 5.11 Å². The SMILES string of the molecule is CNC(C(C)CO)C1CC1C. The second kappa shape index (κ2) is 3.55. The van der Waals surface area contributed by atoms with E-state index < -0.39 is 0 Å². The van der Waals surface area contributed by atoms with Crippen LogP contribution in [0, 0.1) is 17.8 Å². The maximum atomic E-state index is 8.96. The molecule has 11 heavy (non-hydrogen) atoms. The number of hydrogen-bond donors (Lipinski definition) is 2. The number of hydrogen-bond acceptors (Lipinski definition) is 2. The molecule has 0 heterocycles. The third-order valence-corrected chi connectivity index (χ3v) is 2.87. The van der Waals surface area contributed by atoms with Gasteiger partial charge >= 0.3 is 0 Å². The Hall–Kier alpha value is -0.0800. The summed E-state index contributed by atoms with van der Waals surface area (Å²) >= 11 is 0. The van der Waals surface area contributed by atoms with E-state index in [0.717, 1.165) is 11.8 Å². The number of aliphatic hydroxyl groups excluding tert-OH is 1. The van der Waals surface area contributed by atoms with Gasteiger partial charge < -0.3 is 10.4 Å². The molecule has 4 atom stereocenters. The minimum atomic E-state index is 0.300. The molecule has 0 bridgehead atoms. The summed E-state index contributed by atoms with van der Waals surface area (Å²) in [7, 11) is 1.99. The van der Waals surface area contributed by atoms with Crippen LogP contribution >= 0.6 is 0 Å². The van der Waals surface area contributed by atoms with Crippen molar-refractivity contribution in [3.8, 4) is 0 Å². The predicted molar refractivity (Wildman–Crippen MR) is 46.4 cm³/mol. The van der Waals surface area contributed by atoms with Gasteiger partial charge in [-0.2, -0.15) is 0 Å². The summed E-state index contributed by atoms with van der Waals surface area (Å²) < 4.78 is 0. The van der Waals surface area contributed by atoms with Crippen LogP contribution in [0.5, 0.6) is 0 Å². The van der Waals surface area contributed by atoms with Gasteiger partial charge in [-0.3, -0.25) is 0 Å². The fourth-order valence-electron chi connectivity index (χ4n) is 1.89. The lowest BCUT2D eigenvalue weighted by Crippen LogP contribution is -2.36. The minimum absolute atomic E-state index is 0.300. The van der Waals surface area contributed by atoms with Crippen LogP contribution in [0.4, 0.5) is 0 Å². The maximum Gasteiger partial charge on any atom is 0.0471 e. The second-order valence-corrected chi connectivity index (χ2v) is 3.85. The molecular formula is C9H19NO. The molecular weight excluding hydrogens is 138 g/mol. The van der Waals surface area contributed by atoms with Crippen LogP contribution in [0.2, 0.25) is 0 Å². The zero-order chi connectivity index (χ0) is 8.43. The molecule has 1 rings (SSSR count). The Labute approximate surface area is 69.0 Å². The number of aliphatic hydroxyl groups is 1. The maximum absolute atomic E-state index is 8.96. The zero-order valence-electron chi connectivity index (χ0n) is 7.67. The smallest absolute Gasteiger partial charge is 0.0471 e. The van der Waals surface area contributed by atoms with E-state index >= 15 is 0 Å². The molecule has 0 saturated heterocycles. The van der Waals surface area contributed by atoms with Crippen molar-refractivity contribution in [2.75, 3.05) is 13.7 Å². The first-order valence-corrected chi connectivity index (χ1v) is 4.48. The van der Waals surface area contributed by atoms with Crippen molar-refractivity contribution in [2.45, 2.75) is 26.3 Å². The average molecular weight is 157 g/mol. The van der Waals surface area contributed by atoms with Crippen molar-refractivity contribution in [3.63, 3.8) is 0 Å². The van der Waals surface area contributed by atoms with E-state index in [1.807, 2.05) is 7.05 Å². The van der Waals surface area contributed by atoms with Gasteiger partial charge in [0.25, 0.3) is 0 Å². The first kappa shape index (κ1) is 9.01. The Balaban J connectivity index is 2.37. The van der Waals surface area contributed by atoms with E-state index in [9.17, 15) is 0 Å². The Morgan fingerprint density at radius 2 is 2.18 bits per heavy atom. The molecule has 0 spiro atoms. The normalized spacial score (nSPS) is 34.9. The quantitative estimate of drug-likeness (QED) is 0.634. The lowest BCUT2D eigenvalue weighted by Gasteiger charge is -2.21. The molecule has 1 aliphatic carbocycles. The molecule has 1 saturated carbocycles. The first-order chi connectivity index (χ1) is 5.20. The summed E-state index contributed by atoms with van der Waals surface area (Å²) in [6.07, 6.45) is 1.33. The molecule has 4 unspecified atom stereocenters. The third kappa shape index (κ3) is 1.94. The van der Waals surface area contributed by atoms with Gasteiger partial charge in [0.15, 0.2) is 0 Å². The van der Waals surface area contributed by atoms with Crippen molar-refractivity contribution in [2.24, 2.45) is 17.8 Å². The molecule has 0 aromatic rings. The van der Waals surface area contributed by atoms with Crippen molar-refractivity contribution in [3.05, 3.63) is 0 Å². The largest absolute Gasteiger partial charge is 0.396 e. The second-order valence-electron chi connectivity index (χ2n) is 3.85. The van der Waals surface area contributed by atoms with E-state index in [1.54, 1.807) is 0 Å². The topological polar surface area (TPSA) is 32.3 Å². The van der Waals surface area contributed by atoms with E-state index in [-0.39, 0.29) is 0 Å². The first-order valence-electron chi connectivity index (χ1n) is 4.48. The van der Waals surface area contributed by atoms with E-state index in [4.69, 9.17) is 5.11 Å². The fourth-order valence-corrected chi connectivity index (χ4v) is 1.89. The molecule has 1 aliphatic rings. The molecule has 2 nitrogen and oxygen atoms in total. The van der Waals surface area contributed by atoms with Crippen LogP contribution < -0.4 is 5.32 Å². The zero-order valence-corrected chi connectivity index (χ0v) is 7.67. The van der Waals surface area contributed by atoms with E-state index in [2.05, 4.69) is 19.2 Å². The van der Waals surface area contributed by atoms with Crippen molar-refractivity contribution in [1.29, 1.82) is 0 Å². The van der Waals surface area contributed by atoms with Gasteiger partial charge in [-0.1, -0.05) is 13.8 Å². The van der Waals surface area contributed by atoms with E-state index in [1.165, 1.54) is 6.42 Å². The van der Waals surface area contributed by atoms with Gasteiger partial charge in [0.05, 0.1) is 0 Å². The number of rotatable bonds is 4. The Morgan fingerprint density at radius 3 is 2.45 bits per heavy atom. The molecule has 0 radical (unpaired) electrons. The van der Waals surface area contributed by atoms with Crippen LogP contribution in [-0.2, 0) is 0 Å². The van der Waals surface area contributed by atoms with Crippen LogP contribution in [0.25, 0.3) is 0 Å². The highest BCUT2D eigenvalue weighted by Gasteiger charge is 2.40. The summed E-state index contributed by atoms with van der Waals surface area (Å²) in [5.74, 6) is 2.07. The summed E-state index contributed by atoms with van der Waals surface area (Å²) in [5.41, 5.74) is 0. The molecule has 2 N–H and O–H groups in total. The standard InChI is InChI=1S/C9H19NO/c1-6-4-8(6)9(10-3)7(2)5-11/h6-11H,4-5H2,1-3H3. The fraction of sp³-hybridized carbons (Fsp3) is 1.00. The van der Waals surface area contributed by atoms with Gasteiger partial charge in [0.2, 0.25) is 0 Å². The summed E-state index contributed by atoms with van der Waals surface area (Å²) in [5, 5.41) is 12.2. The van der Waals surface area contributed by atoms with E-state index in [0.29, 0.717) is 18.6 Å². The molecule has 0 aromatic heterocycles. The van der Waals surface area contributed by atoms with Crippen molar-refractivity contribution >= 4 is 0 Å². The van der Waals surface area contributed by atoms with Crippen LogP contribution in [0.1, 0.15) is 20.3 Å². The van der Waals surface area contributed by atoms with Crippen LogP contribution in [-0.4, -0.2) is 24.8 Å². The van der Waals surface area contributed by atoms with Crippen molar-refractivity contribution in [1.82, 2.24) is 5.32 Å². The average Bonchev–Trinajstić information content (AvgIpc) is 2.68. The monoisotopic (exact) mass is 157 g/mol. The molecule has 0 aliphatic heterocycles. The van der Waals surface area contributed by atoms with Crippen LogP contribution in [0.3, 0.4) is 0 Å². The Kier molecular flexibility index (Phi) is 2.90. The van der Waals surface area contributed by atoms with Gasteiger partial charge in [0.1, 0.15) is 0 Å². The highest BCUT2D eigenvalue weighted by atomic mass is 16.3. The molecule has 2 heteroatoms. The molecule has 0 aromatic carbocycles. The van der Waals surface area contributed by atoms with Gasteiger partial charge in [0, 0.05) is 12.6 Å².